The number of carbonyl (C=O) groups excluding carboxylic acids is 1. The smallest absolute Gasteiger partial charge is 0.210 e. The Morgan fingerprint density at radius 2 is 1.79 bits per heavy atom. The van der Waals surface area contributed by atoms with Crippen molar-refractivity contribution in [3.8, 4) is 11.5 Å². The molecule has 1 atom stereocenters. The molecule has 0 aliphatic carbocycles. The van der Waals surface area contributed by atoms with Gasteiger partial charge in [0.2, 0.25) is 6.41 Å². The maximum Gasteiger partial charge on any atom is 0.210 e. The molecular formula is C33H38ClFN4O3. The Morgan fingerprint density at radius 3 is 2.52 bits per heavy atom. The first kappa shape index (κ1) is 29.9. The van der Waals surface area contributed by atoms with E-state index in [1.807, 2.05) is 35.2 Å². The fourth-order valence-electron chi connectivity index (χ4n) is 5.65. The minimum Gasteiger partial charge on any atom is -0.497 e. The van der Waals surface area contributed by atoms with Crippen LogP contribution in [0.5, 0.6) is 11.5 Å². The lowest BCUT2D eigenvalue weighted by Crippen LogP contribution is -2.44. The van der Waals surface area contributed by atoms with Crippen molar-refractivity contribution in [3.63, 3.8) is 0 Å². The van der Waals surface area contributed by atoms with E-state index in [0.717, 1.165) is 84.9 Å². The molecule has 222 valence electrons. The number of hydrogen-bond donors (Lipinski definition) is 1. The highest BCUT2D eigenvalue weighted by Crippen LogP contribution is 2.39. The third kappa shape index (κ3) is 7.24. The molecule has 0 spiro atoms. The number of piperazine rings is 1. The van der Waals surface area contributed by atoms with Crippen LogP contribution >= 0.6 is 11.6 Å². The van der Waals surface area contributed by atoms with E-state index < -0.39 is 0 Å². The van der Waals surface area contributed by atoms with E-state index in [1.165, 1.54) is 17.7 Å². The Morgan fingerprint density at radius 1 is 1.00 bits per heavy atom. The van der Waals surface area contributed by atoms with Crippen molar-refractivity contribution in [2.75, 3.05) is 60.0 Å². The highest BCUT2D eigenvalue weighted by molar-refractivity contribution is 6.31. The minimum atomic E-state index is -0.240. The summed E-state index contributed by atoms with van der Waals surface area (Å²) in [5.74, 6) is 1.29. The van der Waals surface area contributed by atoms with Crippen molar-refractivity contribution in [1.29, 1.82) is 0 Å². The van der Waals surface area contributed by atoms with Gasteiger partial charge in [0.15, 0.2) is 0 Å². The van der Waals surface area contributed by atoms with Crippen molar-refractivity contribution in [1.82, 2.24) is 19.7 Å². The van der Waals surface area contributed by atoms with Crippen molar-refractivity contribution >= 4 is 28.9 Å². The molecule has 0 saturated carbocycles. The summed E-state index contributed by atoms with van der Waals surface area (Å²) >= 11 is 6.26. The highest BCUT2D eigenvalue weighted by Gasteiger charge is 2.31. The van der Waals surface area contributed by atoms with Gasteiger partial charge in [0, 0.05) is 60.9 Å². The van der Waals surface area contributed by atoms with Gasteiger partial charge in [-0.3, -0.25) is 4.79 Å². The molecule has 2 aliphatic heterocycles. The largest absolute Gasteiger partial charge is 0.497 e. The fourth-order valence-corrected chi connectivity index (χ4v) is 5.82. The predicted octanol–water partition coefficient (Wildman–Crippen LogP) is 5.78. The normalized spacial score (nSPS) is 17.3. The Balaban J connectivity index is 0.000000336. The number of ether oxygens (including phenoxy) is 2. The van der Waals surface area contributed by atoms with Crippen molar-refractivity contribution < 1.29 is 18.7 Å². The summed E-state index contributed by atoms with van der Waals surface area (Å²) < 4.78 is 23.1. The summed E-state index contributed by atoms with van der Waals surface area (Å²) in [5, 5.41) is 1.87. The van der Waals surface area contributed by atoms with Crippen LogP contribution < -0.4 is 9.47 Å². The Bertz CT molecular complexity index is 1470. The van der Waals surface area contributed by atoms with Gasteiger partial charge in [0.1, 0.15) is 17.3 Å². The van der Waals surface area contributed by atoms with Gasteiger partial charge in [0.25, 0.3) is 0 Å². The first-order valence-electron chi connectivity index (χ1n) is 14.4. The molecule has 9 heteroatoms. The van der Waals surface area contributed by atoms with E-state index in [1.54, 1.807) is 19.2 Å². The molecule has 7 nitrogen and oxygen atoms in total. The van der Waals surface area contributed by atoms with Crippen LogP contribution in [0.15, 0.2) is 66.7 Å². The number of aromatic nitrogens is 1. The molecule has 0 bridgehead atoms. The standard InChI is InChI=1S/C26H31ClN4O2.C7H7FO/c1-29-11-13-30(14-12-29)9-3-15-33-21-5-2-4-19(16-21)26-25-22(8-10-31(26)18-32)23-17-20(27)6-7-24(23)28-25;1-9-7-4-2-6(8)3-5-7/h2,4-7,16-18,26,28H,3,8-15H2,1H3;2-5H,1H3. The number of H-pyrrole nitrogens is 1. The lowest BCUT2D eigenvalue weighted by Gasteiger charge is -2.33. The highest BCUT2D eigenvalue weighted by atomic mass is 35.5. The summed E-state index contributed by atoms with van der Waals surface area (Å²) in [5.41, 5.74) is 4.42. The van der Waals surface area contributed by atoms with Crippen LogP contribution in [-0.4, -0.2) is 86.1 Å². The second kappa shape index (κ2) is 14.1. The van der Waals surface area contributed by atoms with Crippen molar-refractivity contribution in [2.45, 2.75) is 18.9 Å². The number of benzene rings is 3. The molecule has 1 saturated heterocycles. The average molecular weight is 593 g/mol. The summed E-state index contributed by atoms with van der Waals surface area (Å²) in [6.45, 7) is 6.97. The zero-order valence-corrected chi connectivity index (χ0v) is 24.9. The molecule has 6 rings (SSSR count). The Labute approximate surface area is 251 Å². The number of fused-ring (bicyclic) bond motifs is 3. The van der Waals surface area contributed by atoms with E-state index in [4.69, 9.17) is 21.1 Å². The third-order valence-corrected chi connectivity index (χ3v) is 8.20. The van der Waals surface area contributed by atoms with Gasteiger partial charge in [0.05, 0.1) is 19.8 Å². The monoisotopic (exact) mass is 592 g/mol. The molecule has 1 amide bonds. The van der Waals surface area contributed by atoms with Gasteiger partial charge in [-0.05, 0) is 85.6 Å². The van der Waals surface area contributed by atoms with E-state index >= 15 is 0 Å². The van der Waals surface area contributed by atoms with E-state index in [2.05, 4.69) is 34.0 Å². The number of carbonyl (C=O) groups is 1. The molecule has 1 aromatic heterocycles. The second-order valence-electron chi connectivity index (χ2n) is 10.8. The van der Waals surface area contributed by atoms with Crippen LogP contribution in [-0.2, 0) is 11.2 Å². The SMILES string of the molecule is CN1CCN(CCCOc2cccc(C3c4[nH]c5ccc(Cl)cc5c4CCN3C=O)c2)CC1.COc1ccc(F)cc1. The number of likely N-dealkylation sites (N-methyl/N-ethyl adjacent to an activating group) is 1. The molecule has 2 aliphatic rings. The summed E-state index contributed by atoms with van der Waals surface area (Å²) in [6, 6.07) is 19.8. The minimum absolute atomic E-state index is 0.161. The van der Waals surface area contributed by atoms with Crippen molar-refractivity contribution in [3.05, 3.63) is 94.4 Å². The zero-order chi connectivity index (χ0) is 29.5. The molecule has 1 N–H and O–H groups in total. The van der Waals surface area contributed by atoms with Crippen LogP contribution in [0.2, 0.25) is 5.02 Å². The zero-order valence-electron chi connectivity index (χ0n) is 24.2. The van der Waals surface area contributed by atoms with Gasteiger partial charge in [-0.1, -0.05) is 23.7 Å². The lowest BCUT2D eigenvalue weighted by atomic mass is 9.93. The van der Waals surface area contributed by atoms with Crippen molar-refractivity contribution in [2.24, 2.45) is 0 Å². The maximum atomic E-state index is 12.2. The summed E-state index contributed by atoms with van der Waals surface area (Å²) in [6.07, 6.45) is 2.77. The second-order valence-corrected chi connectivity index (χ2v) is 11.2. The number of methoxy groups -OCH3 is 1. The number of halogens is 2. The average Bonchev–Trinajstić information content (AvgIpc) is 3.38. The predicted molar refractivity (Wildman–Crippen MR) is 165 cm³/mol. The number of amides is 1. The van der Waals surface area contributed by atoms with Crippen LogP contribution in [0.3, 0.4) is 0 Å². The first-order chi connectivity index (χ1) is 20.4. The van der Waals surface area contributed by atoms with Gasteiger partial charge in [-0.15, -0.1) is 0 Å². The summed E-state index contributed by atoms with van der Waals surface area (Å²) in [4.78, 5) is 22.2. The molecule has 3 aromatic carbocycles. The van der Waals surface area contributed by atoms with E-state index in [-0.39, 0.29) is 11.9 Å². The van der Waals surface area contributed by atoms with E-state index in [9.17, 15) is 9.18 Å². The molecule has 3 heterocycles. The third-order valence-electron chi connectivity index (χ3n) is 7.97. The van der Waals surface area contributed by atoms with Gasteiger partial charge >= 0.3 is 0 Å². The van der Waals surface area contributed by atoms with Gasteiger partial charge in [-0.25, -0.2) is 4.39 Å². The number of nitrogens with zero attached hydrogens (tertiary/aromatic N) is 3. The quantitative estimate of drug-likeness (QED) is 0.208. The molecule has 0 radical (unpaired) electrons. The van der Waals surface area contributed by atoms with Crippen LogP contribution in [0.1, 0.15) is 29.3 Å². The molecule has 1 fully saturated rings. The van der Waals surface area contributed by atoms with Gasteiger partial charge < -0.3 is 29.2 Å². The topological polar surface area (TPSA) is 61.0 Å². The Hall–Kier alpha value is -3.59. The Kier molecular flexibility index (Phi) is 10.00. The maximum absolute atomic E-state index is 12.2. The van der Waals surface area contributed by atoms with E-state index in [0.29, 0.717) is 18.9 Å². The molecular weight excluding hydrogens is 555 g/mol. The number of nitrogens with one attached hydrogen (secondary N) is 1. The number of aromatic amines is 1. The van der Waals surface area contributed by atoms with Crippen LogP contribution in [0, 0.1) is 5.82 Å². The first-order valence-corrected chi connectivity index (χ1v) is 14.8. The van der Waals surface area contributed by atoms with Gasteiger partial charge in [-0.2, -0.15) is 0 Å². The number of hydrogen-bond acceptors (Lipinski definition) is 5. The molecule has 42 heavy (non-hydrogen) atoms. The number of rotatable bonds is 8. The summed E-state index contributed by atoms with van der Waals surface area (Å²) in [7, 11) is 3.73. The van der Waals surface area contributed by atoms with Crippen LogP contribution in [0.4, 0.5) is 4.39 Å². The molecule has 4 aromatic rings. The fraction of sp³-hybridized carbons (Fsp3) is 0.364. The molecule has 1 unspecified atom stereocenters. The van der Waals surface area contributed by atoms with Crippen LogP contribution in [0.25, 0.3) is 10.9 Å². The lowest BCUT2D eigenvalue weighted by molar-refractivity contribution is -0.120.